The lowest BCUT2D eigenvalue weighted by Gasteiger charge is -2.13. The Bertz CT molecular complexity index is 1190. The smallest absolute Gasteiger partial charge is 0.322 e. The number of nitrogens with one attached hydrogen (secondary N) is 1. The normalized spacial score (nSPS) is 11.3. The first-order valence-electron chi connectivity index (χ1n) is 9.50. The van der Waals surface area contributed by atoms with Gasteiger partial charge in [-0.3, -0.25) is 10.1 Å². The molecule has 170 valence electrons. The van der Waals surface area contributed by atoms with Gasteiger partial charge in [0.1, 0.15) is 0 Å². The molecule has 0 saturated carbocycles. The van der Waals surface area contributed by atoms with Crippen molar-refractivity contribution in [1.82, 2.24) is 10.2 Å². The van der Waals surface area contributed by atoms with Gasteiger partial charge in [-0.1, -0.05) is 5.10 Å². The van der Waals surface area contributed by atoms with Gasteiger partial charge in [-0.15, -0.1) is 5.10 Å². The third-order valence-corrected chi connectivity index (χ3v) is 6.79. The number of hydrogen-bond acceptors (Lipinski definition) is 9. The molecule has 10 nitrogen and oxygen atoms in total. The fourth-order valence-corrected chi connectivity index (χ4v) is 3.89. The number of methoxy groups -OCH3 is 3. The predicted molar refractivity (Wildman–Crippen MR) is 116 cm³/mol. The number of hydrogen-bond donors (Lipinski definition) is 1. The second kappa shape index (κ2) is 9.27. The molecule has 0 fully saturated rings. The lowest BCUT2D eigenvalue weighted by Crippen LogP contribution is -2.13. The van der Waals surface area contributed by atoms with E-state index in [1.54, 1.807) is 26.0 Å². The van der Waals surface area contributed by atoms with Crippen LogP contribution in [0.25, 0.3) is 11.5 Å². The predicted octanol–water partition coefficient (Wildman–Crippen LogP) is 3.20. The Morgan fingerprint density at radius 1 is 0.969 bits per heavy atom. The number of anilines is 1. The van der Waals surface area contributed by atoms with Crippen molar-refractivity contribution in [2.75, 3.05) is 26.6 Å². The molecule has 1 amide bonds. The molecular formula is C21H23N3O7S. The average Bonchev–Trinajstić information content (AvgIpc) is 3.26. The molecule has 1 aromatic heterocycles. The molecule has 3 aromatic rings. The summed E-state index contributed by atoms with van der Waals surface area (Å²) in [6.07, 6.45) is 0. The van der Waals surface area contributed by atoms with E-state index in [1.807, 2.05) is 0 Å². The molecule has 1 N–H and O–H groups in total. The molecule has 0 aliphatic heterocycles. The summed E-state index contributed by atoms with van der Waals surface area (Å²) in [7, 11) is 0.967. The second-order valence-corrected chi connectivity index (χ2v) is 9.40. The van der Waals surface area contributed by atoms with Gasteiger partial charge in [-0.2, -0.15) is 0 Å². The van der Waals surface area contributed by atoms with Gasteiger partial charge in [0, 0.05) is 11.1 Å². The lowest BCUT2D eigenvalue weighted by atomic mass is 10.1. The first-order valence-corrected chi connectivity index (χ1v) is 11.0. The van der Waals surface area contributed by atoms with Crippen LogP contribution in [0.1, 0.15) is 24.2 Å². The molecule has 0 bridgehead atoms. The molecule has 11 heteroatoms. The van der Waals surface area contributed by atoms with E-state index in [0.717, 1.165) is 0 Å². The topological polar surface area (TPSA) is 130 Å². The average molecular weight is 461 g/mol. The molecule has 0 unspecified atom stereocenters. The van der Waals surface area contributed by atoms with Crippen LogP contribution >= 0.6 is 0 Å². The van der Waals surface area contributed by atoms with Gasteiger partial charge in [0.05, 0.1) is 31.5 Å². The Hall–Kier alpha value is -3.60. The molecular weight excluding hydrogens is 438 g/mol. The minimum atomic E-state index is -3.39. The van der Waals surface area contributed by atoms with Crippen molar-refractivity contribution in [3.8, 4) is 28.7 Å². The van der Waals surface area contributed by atoms with Crippen LogP contribution in [-0.4, -0.2) is 51.1 Å². The van der Waals surface area contributed by atoms with Crippen molar-refractivity contribution in [2.24, 2.45) is 0 Å². The molecule has 32 heavy (non-hydrogen) atoms. The summed E-state index contributed by atoms with van der Waals surface area (Å²) in [5.74, 6) is 0.588. The zero-order valence-electron chi connectivity index (χ0n) is 18.2. The van der Waals surface area contributed by atoms with Crippen molar-refractivity contribution in [3.63, 3.8) is 0 Å². The van der Waals surface area contributed by atoms with Gasteiger partial charge in [-0.05, 0) is 50.2 Å². The number of carbonyl (C=O) groups excluding carboxylic acids is 1. The fourth-order valence-electron chi connectivity index (χ4n) is 2.83. The SMILES string of the molecule is COc1cc(C(=O)Nc2nnc(-c3ccc(S(=O)(=O)C(C)C)cc3)o2)cc(OC)c1OC. The Morgan fingerprint density at radius 2 is 1.56 bits per heavy atom. The van der Waals surface area contributed by atoms with E-state index in [1.165, 1.54) is 45.6 Å². The van der Waals surface area contributed by atoms with E-state index < -0.39 is 21.0 Å². The monoisotopic (exact) mass is 461 g/mol. The van der Waals surface area contributed by atoms with Gasteiger partial charge >= 0.3 is 6.01 Å². The van der Waals surface area contributed by atoms with E-state index in [9.17, 15) is 13.2 Å². The van der Waals surface area contributed by atoms with E-state index in [0.29, 0.717) is 22.8 Å². The van der Waals surface area contributed by atoms with Crippen LogP contribution in [0.3, 0.4) is 0 Å². The molecule has 0 radical (unpaired) electrons. The van der Waals surface area contributed by atoms with Gasteiger partial charge in [-0.25, -0.2) is 8.42 Å². The van der Waals surface area contributed by atoms with E-state index in [4.69, 9.17) is 18.6 Å². The largest absolute Gasteiger partial charge is 0.493 e. The highest BCUT2D eigenvalue weighted by Crippen LogP contribution is 2.38. The Labute approximate surface area is 185 Å². The Kier molecular flexibility index (Phi) is 6.68. The zero-order chi connectivity index (χ0) is 23.5. The minimum absolute atomic E-state index is 0.124. The van der Waals surface area contributed by atoms with Gasteiger partial charge < -0.3 is 18.6 Å². The maximum Gasteiger partial charge on any atom is 0.322 e. The highest BCUT2D eigenvalue weighted by Gasteiger charge is 2.21. The summed E-state index contributed by atoms with van der Waals surface area (Å²) >= 11 is 0. The number of nitrogens with zero attached hydrogens (tertiary/aromatic N) is 2. The molecule has 1 heterocycles. The summed E-state index contributed by atoms with van der Waals surface area (Å²) in [6.45, 7) is 3.23. The Balaban J connectivity index is 1.80. The van der Waals surface area contributed by atoms with Crippen LogP contribution in [0.2, 0.25) is 0 Å². The van der Waals surface area contributed by atoms with E-state index >= 15 is 0 Å². The van der Waals surface area contributed by atoms with Crippen LogP contribution in [-0.2, 0) is 9.84 Å². The summed E-state index contributed by atoms with van der Waals surface area (Å²) in [5.41, 5.74) is 0.732. The summed E-state index contributed by atoms with van der Waals surface area (Å²) in [4.78, 5) is 12.9. The lowest BCUT2D eigenvalue weighted by molar-refractivity contribution is 0.102. The number of amides is 1. The number of benzene rings is 2. The van der Waals surface area contributed by atoms with Crippen molar-refractivity contribution >= 4 is 21.8 Å². The van der Waals surface area contributed by atoms with Crippen LogP contribution < -0.4 is 19.5 Å². The summed E-state index contributed by atoms with van der Waals surface area (Å²) in [5, 5.41) is 9.71. The molecule has 0 aliphatic carbocycles. The second-order valence-electron chi connectivity index (χ2n) is 6.90. The van der Waals surface area contributed by atoms with Crippen LogP contribution in [0.15, 0.2) is 45.7 Å². The minimum Gasteiger partial charge on any atom is -0.493 e. The van der Waals surface area contributed by atoms with E-state index in [-0.39, 0.29) is 22.4 Å². The molecule has 2 aromatic carbocycles. The van der Waals surface area contributed by atoms with E-state index in [2.05, 4.69) is 15.5 Å². The molecule has 0 aliphatic rings. The number of carbonyl (C=O) groups is 1. The maximum atomic E-state index is 12.7. The number of sulfone groups is 1. The highest BCUT2D eigenvalue weighted by molar-refractivity contribution is 7.92. The quantitative estimate of drug-likeness (QED) is 0.537. The van der Waals surface area contributed by atoms with Crippen molar-refractivity contribution in [1.29, 1.82) is 0 Å². The zero-order valence-corrected chi connectivity index (χ0v) is 19.0. The van der Waals surface area contributed by atoms with Crippen LogP contribution in [0.5, 0.6) is 17.2 Å². The number of aromatic nitrogens is 2. The van der Waals surface area contributed by atoms with Crippen molar-refractivity contribution < 1.29 is 31.8 Å². The van der Waals surface area contributed by atoms with Gasteiger partial charge in [0.25, 0.3) is 5.91 Å². The number of rotatable bonds is 8. The van der Waals surface area contributed by atoms with Crippen molar-refractivity contribution in [2.45, 2.75) is 24.0 Å². The number of ether oxygens (including phenoxy) is 3. The first-order chi connectivity index (χ1) is 15.2. The Morgan fingerprint density at radius 3 is 2.06 bits per heavy atom. The standard InChI is InChI=1S/C21H23N3O7S/c1-12(2)32(26,27)15-8-6-13(7-9-15)20-23-24-21(31-20)22-19(25)14-10-16(28-3)18(30-5)17(11-14)29-4/h6-12H,1-5H3,(H,22,24,25). The highest BCUT2D eigenvalue weighted by atomic mass is 32.2. The van der Waals surface area contributed by atoms with Crippen molar-refractivity contribution in [3.05, 3.63) is 42.0 Å². The molecule has 0 spiro atoms. The molecule has 0 saturated heterocycles. The maximum absolute atomic E-state index is 12.7. The van der Waals surface area contributed by atoms with Crippen LogP contribution in [0, 0.1) is 0 Å². The first kappa shape index (κ1) is 23.1. The third-order valence-electron chi connectivity index (χ3n) is 4.62. The van der Waals surface area contributed by atoms with Crippen LogP contribution in [0.4, 0.5) is 6.01 Å². The summed E-state index contributed by atoms with van der Waals surface area (Å²) < 4.78 is 45.7. The summed E-state index contributed by atoms with van der Waals surface area (Å²) in [6, 6.07) is 8.93. The van der Waals surface area contributed by atoms with Gasteiger partial charge in [0.2, 0.25) is 11.6 Å². The third kappa shape index (κ3) is 4.52. The molecule has 3 rings (SSSR count). The fraction of sp³-hybridized carbons (Fsp3) is 0.286. The molecule has 0 atom stereocenters. The van der Waals surface area contributed by atoms with Gasteiger partial charge in [0.15, 0.2) is 21.3 Å².